The maximum absolute atomic E-state index is 11.2. The molecule has 1 aromatic heterocycles. The second kappa shape index (κ2) is 9.19. The first-order chi connectivity index (χ1) is 15.5. The quantitative estimate of drug-likeness (QED) is 0.220. The second-order valence-electron chi connectivity index (χ2n) is 6.69. The standard InChI is InChI=1S/C23H16N4O4S/c28-22(29)19-11-10-18(12-21(19)27(30)31)16-8-6-15(7-9-16)13-24-26-23-25-20(14-32-23)17-4-2-1-3-5-17/h1-14H,(H,25,26)(H,28,29). The van der Waals surface area contributed by atoms with E-state index >= 15 is 0 Å². The number of carboxylic acids is 1. The summed E-state index contributed by atoms with van der Waals surface area (Å²) in [4.78, 5) is 26.2. The molecule has 0 bridgehead atoms. The molecule has 4 aromatic rings. The SMILES string of the molecule is O=C(O)c1ccc(-c2ccc(C=NNc3nc(-c4ccccc4)cs3)cc2)cc1[N+](=O)[O-]. The fourth-order valence-corrected chi connectivity index (χ4v) is 3.70. The number of rotatable bonds is 7. The lowest BCUT2D eigenvalue weighted by Gasteiger charge is -2.04. The van der Waals surface area contributed by atoms with Gasteiger partial charge >= 0.3 is 5.97 Å². The van der Waals surface area contributed by atoms with Crippen molar-refractivity contribution < 1.29 is 14.8 Å². The Morgan fingerprint density at radius 1 is 1.03 bits per heavy atom. The molecule has 0 amide bonds. The molecule has 0 fully saturated rings. The topological polar surface area (TPSA) is 118 Å². The van der Waals surface area contributed by atoms with E-state index < -0.39 is 16.6 Å². The predicted octanol–water partition coefficient (Wildman–Crippen LogP) is 5.53. The highest BCUT2D eigenvalue weighted by molar-refractivity contribution is 7.14. The summed E-state index contributed by atoms with van der Waals surface area (Å²) >= 11 is 1.45. The monoisotopic (exact) mass is 444 g/mol. The van der Waals surface area contributed by atoms with Gasteiger partial charge in [0.2, 0.25) is 5.13 Å². The maximum atomic E-state index is 11.2. The molecule has 0 aliphatic rings. The normalized spacial score (nSPS) is 10.9. The van der Waals surface area contributed by atoms with Crippen LogP contribution in [0.25, 0.3) is 22.4 Å². The van der Waals surface area contributed by atoms with Crippen molar-refractivity contribution in [2.75, 3.05) is 5.43 Å². The summed E-state index contributed by atoms with van der Waals surface area (Å²) in [6.07, 6.45) is 1.64. The van der Waals surface area contributed by atoms with Crippen molar-refractivity contribution >= 4 is 34.3 Å². The number of nitrogens with one attached hydrogen (secondary N) is 1. The van der Waals surface area contributed by atoms with E-state index in [-0.39, 0.29) is 5.56 Å². The van der Waals surface area contributed by atoms with Crippen LogP contribution in [0.15, 0.2) is 83.3 Å². The number of aromatic nitrogens is 1. The van der Waals surface area contributed by atoms with Crippen molar-refractivity contribution in [1.29, 1.82) is 0 Å². The van der Waals surface area contributed by atoms with Crippen LogP contribution in [0.3, 0.4) is 0 Å². The summed E-state index contributed by atoms with van der Waals surface area (Å²) in [5, 5.41) is 27.1. The van der Waals surface area contributed by atoms with Crippen LogP contribution in [0.5, 0.6) is 0 Å². The molecule has 158 valence electrons. The molecule has 0 radical (unpaired) electrons. The number of carbonyl (C=O) groups is 1. The smallest absolute Gasteiger partial charge is 0.342 e. The van der Waals surface area contributed by atoms with E-state index in [1.807, 2.05) is 47.8 Å². The van der Waals surface area contributed by atoms with Crippen molar-refractivity contribution in [3.05, 3.63) is 99.4 Å². The molecule has 0 aliphatic carbocycles. The Balaban J connectivity index is 1.45. The molecule has 0 unspecified atom stereocenters. The largest absolute Gasteiger partial charge is 0.477 e. The lowest BCUT2D eigenvalue weighted by Crippen LogP contribution is -2.02. The van der Waals surface area contributed by atoms with Crippen LogP contribution >= 0.6 is 11.3 Å². The van der Waals surface area contributed by atoms with Gasteiger partial charge in [0.15, 0.2) is 0 Å². The number of aromatic carboxylic acids is 1. The third-order valence-electron chi connectivity index (χ3n) is 4.62. The summed E-state index contributed by atoms with van der Waals surface area (Å²) in [5.74, 6) is -1.33. The van der Waals surface area contributed by atoms with Gasteiger partial charge in [0.05, 0.1) is 16.8 Å². The zero-order chi connectivity index (χ0) is 22.5. The average Bonchev–Trinajstić information content (AvgIpc) is 3.28. The fourth-order valence-electron chi connectivity index (χ4n) is 3.03. The number of anilines is 1. The summed E-state index contributed by atoms with van der Waals surface area (Å²) in [6.45, 7) is 0. The first-order valence-electron chi connectivity index (χ1n) is 9.43. The van der Waals surface area contributed by atoms with Gasteiger partial charge in [0, 0.05) is 17.0 Å². The van der Waals surface area contributed by atoms with Crippen LogP contribution in [-0.2, 0) is 0 Å². The molecule has 0 saturated heterocycles. The molecule has 2 N–H and O–H groups in total. The van der Waals surface area contributed by atoms with E-state index in [9.17, 15) is 14.9 Å². The lowest BCUT2D eigenvalue weighted by atomic mass is 10.0. The van der Waals surface area contributed by atoms with Crippen molar-refractivity contribution in [2.45, 2.75) is 0 Å². The van der Waals surface area contributed by atoms with E-state index in [4.69, 9.17) is 5.11 Å². The number of thiazole rings is 1. The molecule has 0 atom stereocenters. The van der Waals surface area contributed by atoms with Gasteiger partial charge in [-0.2, -0.15) is 5.10 Å². The third-order valence-corrected chi connectivity index (χ3v) is 5.36. The third kappa shape index (κ3) is 4.68. The molecule has 1 heterocycles. The van der Waals surface area contributed by atoms with Gasteiger partial charge < -0.3 is 5.11 Å². The maximum Gasteiger partial charge on any atom is 0.342 e. The number of nitrogens with zero attached hydrogens (tertiary/aromatic N) is 3. The second-order valence-corrected chi connectivity index (χ2v) is 7.55. The summed E-state index contributed by atoms with van der Waals surface area (Å²) in [7, 11) is 0. The van der Waals surface area contributed by atoms with Crippen LogP contribution in [0.1, 0.15) is 15.9 Å². The summed E-state index contributed by atoms with van der Waals surface area (Å²) in [5.41, 5.74) is 6.14. The van der Waals surface area contributed by atoms with Gasteiger partial charge in [0.1, 0.15) is 5.56 Å². The fraction of sp³-hybridized carbons (Fsp3) is 0. The van der Waals surface area contributed by atoms with Crippen LogP contribution in [-0.4, -0.2) is 27.2 Å². The van der Waals surface area contributed by atoms with Gasteiger partial charge in [-0.25, -0.2) is 9.78 Å². The molecule has 8 nitrogen and oxygen atoms in total. The Hall–Kier alpha value is -4.37. The Morgan fingerprint density at radius 2 is 1.75 bits per heavy atom. The number of hydrogen-bond donors (Lipinski definition) is 2. The Labute approximate surface area is 186 Å². The number of nitro groups is 1. The predicted molar refractivity (Wildman–Crippen MR) is 124 cm³/mol. The number of hydrazone groups is 1. The first kappa shape index (κ1) is 20.9. The van der Waals surface area contributed by atoms with Crippen molar-refractivity contribution in [1.82, 2.24) is 4.98 Å². The van der Waals surface area contributed by atoms with Crippen molar-refractivity contribution in [3.63, 3.8) is 0 Å². The van der Waals surface area contributed by atoms with Gasteiger partial charge in [-0.1, -0.05) is 60.7 Å². The van der Waals surface area contributed by atoms with Gasteiger partial charge in [-0.3, -0.25) is 15.5 Å². The van der Waals surface area contributed by atoms with Crippen LogP contribution in [0.4, 0.5) is 10.8 Å². The van der Waals surface area contributed by atoms with Gasteiger partial charge in [-0.05, 0) is 22.8 Å². The van der Waals surface area contributed by atoms with E-state index in [0.717, 1.165) is 22.4 Å². The Bertz CT molecular complexity index is 1300. The van der Waals surface area contributed by atoms with Crippen LogP contribution in [0.2, 0.25) is 0 Å². The molecule has 9 heteroatoms. The molecule has 0 aliphatic heterocycles. The number of carboxylic acid groups (broad SMARTS) is 1. The van der Waals surface area contributed by atoms with E-state index in [1.165, 1.54) is 23.5 Å². The van der Waals surface area contributed by atoms with Crippen molar-refractivity contribution in [3.8, 4) is 22.4 Å². The molecule has 4 rings (SSSR count). The molecular weight excluding hydrogens is 428 g/mol. The number of nitro benzene ring substituents is 1. The first-order valence-corrected chi connectivity index (χ1v) is 10.3. The van der Waals surface area contributed by atoms with Crippen molar-refractivity contribution in [2.24, 2.45) is 5.10 Å². The highest BCUT2D eigenvalue weighted by Crippen LogP contribution is 2.28. The summed E-state index contributed by atoms with van der Waals surface area (Å²) in [6, 6.07) is 21.1. The van der Waals surface area contributed by atoms with Crippen LogP contribution in [0, 0.1) is 10.1 Å². The Kier molecular flexibility index (Phi) is 6.00. The Morgan fingerprint density at radius 3 is 2.44 bits per heavy atom. The molecule has 32 heavy (non-hydrogen) atoms. The minimum atomic E-state index is -1.33. The van der Waals surface area contributed by atoms with Gasteiger partial charge in [-0.15, -0.1) is 11.3 Å². The molecule has 3 aromatic carbocycles. The average molecular weight is 444 g/mol. The summed E-state index contributed by atoms with van der Waals surface area (Å²) < 4.78 is 0. The van der Waals surface area contributed by atoms with Gasteiger partial charge in [0.25, 0.3) is 5.69 Å². The zero-order valence-corrected chi connectivity index (χ0v) is 17.3. The zero-order valence-electron chi connectivity index (χ0n) is 16.5. The van der Waals surface area contributed by atoms with Crippen LogP contribution < -0.4 is 5.43 Å². The minimum absolute atomic E-state index is 0.341. The lowest BCUT2D eigenvalue weighted by molar-refractivity contribution is -0.385. The molecule has 0 spiro atoms. The minimum Gasteiger partial charge on any atom is -0.477 e. The van der Waals surface area contributed by atoms with E-state index in [0.29, 0.717) is 10.7 Å². The number of hydrogen-bond acceptors (Lipinski definition) is 7. The van der Waals surface area contributed by atoms with E-state index in [2.05, 4.69) is 15.5 Å². The van der Waals surface area contributed by atoms with E-state index in [1.54, 1.807) is 24.4 Å². The highest BCUT2D eigenvalue weighted by Gasteiger charge is 2.20. The highest BCUT2D eigenvalue weighted by atomic mass is 32.1. The number of benzene rings is 3. The molecular formula is C23H16N4O4S. The molecule has 0 saturated carbocycles.